The van der Waals surface area contributed by atoms with Crippen LogP contribution >= 0.6 is 11.3 Å². The van der Waals surface area contributed by atoms with E-state index in [1.54, 1.807) is 11.3 Å². The van der Waals surface area contributed by atoms with Crippen molar-refractivity contribution in [3.05, 3.63) is 34.5 Å². The Bertz CT molecular complexity index is 409. The zero-order valence-electron chi connectivity index (χ0n) is 8.71. The van der Waals surface area contributed by atoms with Crippen LogP contribution in [0.1, 0.15) is 10.6 Å². The molecule has 0 radical (unpaired) electrons. The summed E-state index contributed by atoms with van der Waals surface area (Å²) in [5.74, 6) is 0.732. The smallest absolute Gasteiger partial charge is 0.225 e. The first-order valence-electron chi connectivity index (χ1n) is 4.64. The van der Waals surface area contributed by atoms with Crippen LogP contribution < -0.4 is 4.90 Å². The molecule has 5 heteroatoms. The zero-order valence-corrected chi connectivity index (χ0v) is 9.53. The molecule has 2 aromatic heterocycles. The van der Waals surface area contributed by atoms with Gasteiger partial charge in [-0.1, -0.05) is 0 Å². The van der Waals surface area contributed by atoms with E-state index in [0.29, 0.717) is 0 Å². The van der Waals surface area contributed by atoms with Gasteiger partial charge in [0, 0.05) is 31.0 Å². The van der Waals surface area contributed by atoms with Crippen molar-refractivity contribution >= 4 is 17.3 Å². The maximum absolute atomic E-state index is 4.25. The molecule has 0 fully saturated rings. The number of thiazole rings is 1. The van der Waals surface area contributed by atoms with Crippen LogP contribution in [-0.2, 0) is 6.54 Å². The minimum Gasteiger partial charge on any atom is -0.337 e. The predicted octanol–water partition coefficient (Wildman–Crippen LogP) is 1.88. The van der Waals surface area contributed by atoms with E-state index in [0.717, 1.165) is 23.1 Å². The van der Waals surface area contributed by atoms with Gasteiger partial charge in [-0.3, -0.25) is 0 Å². The Labute approximate surface area is 92.6 Å². The van der Waals surface area contributed by atoms with Gasteiger partial charge in [0.05, 0.1) is 6.54 Å². The lowest BCUT2D eigenvalue weighted by Crippen LogP contribution is -2.18. The highest BCUT2D eigenvalue weighted by molar-refractivity contribution is 7.09. The lowest BCUT2D eigenvalue weighted by atomic mass is 10.4. The lowest BCUT2D eigenvalue weighted by molar-refractivity contribution is 0.856. The number of aromatic nitrogens is 3. The monoisotopic (exact) mass is 220 g/mol. The van der Waals surface area contributed by atoms with E-state index in [4.69, 9.17) is 0 Å². The molecule has 0 bridgehead atoms. The van der Waals surface area contributed by atoms with Crippen molar-refractivity contribution in [2.75, 3.05) is 11.9 Å². The summed E-state index contributed by atoms with van der Waals surface area (Å²) in [4.78, 5) is 14.7. The van der Waals surface area contributed by atoms with E-state index >= 15 is 0 Å². The number of nitrogens with zero attached hydrogens (tertiary/aromatic N) is 4. The summed E-state index contributed by atoms with van der Waals surface area (Å²) in [6, 6.07) is 0. The van der Waals surface area contributed by atoms with E-state index < -0.39 is 0 Å². The van der Waals surface area contributed by atoms with Gasteiger partial charge in [0.25, 0.3) is 0 Å². The molecular weight excluding hydrogens is 208 g/mol. The summed E-state index contributed by atoms with van der Waals surface area (Å²) < 4.78 is 0. The third-order valence-corrected chi connectivity index (χ3v) is 2.73. The Balaban J connectivity index is 2.08. The molecule has 0 aliphatic rings. The molecule has 2 heterocycles. The molecule has 0 aliphatic heterocycles. The van der Waals surface area contributed by atoms with Crippen LogP contribution in [0.4, 0.5) is 5.95 Å². The fraction of sp³-hybridized carbons (Fsp3) is 0.300. The quantitative estimate of drug-likeness (QED) is 0.792. The Hall–Kier alpha value is -1.49. The molecule has 0 saturated carbocycles. The van der Waals surface area contributed by atoms with Gasteiger partial charge in [-0.05, 0) is 12.5 Å². The summed E-state index contributed by atoms with van der Waals surface area (Å²) in [6.07, 6.45) is 5.45. The molecule has 0 spiro atoms. The maximum Gasteiger partial charge on any atom is 0.225 e. The maximum atomic E-state index is 4.25. The number of rotatable bonds is 3. The first-order valence-corrected chi connectivity index (χ1v) is 5.52. The molecular formula is C10H12N4S. The Kier molecular flexibility index (Phi) is 2.91. The van der Waals surface area contributed by atoms with Gasteiger partial charge in [-0.15, -0.1) is 11.3 Å². The molecule has 0 aliphatic carbocycles. The van der Waals surface area contributed by atoms with Gasteiger partial charge < -0.3 is 4.90 Å². The molecule has 0 N–H and O–H groups in total. The fourth-order valence-electron chi connectivity index (χ4n) is 1.19. The summed E-state index contributed by atoms with van der Waals surface area (Å²) in [5, 5.41) is 3.04. The van der Waals surface area contributed by atoms with Gasteiger partial charge in [0.1, 0.15) is 5.01 Å². The van der Waals surface area contributed by atoms with Crippen LogP contribution in [0.2, 0.25) is 0 Å². The highest BCUT2D eigenvalue weighted by Gasteiger charge is 2.05. The van der Waals surface area contributed by atoms with Crippen LogP contribution in [0.25, 0.3) is 0 Å². The molecule has 0 aromatic carbocycles. The standard InChI is InChI=1S/C10H12N4S/c1-8-5-12-10(13-6-8)14(2)7-9-11-3-4-15-9/h3-6H,7H2,1-2H3. The van der Waals surface area contributed by atoms with Crippen molar-refractivity contribution in [3.8, 4) is 0 Å². The summed E-state index contributed by atoms with van der Waals surface area (Å²) in [5.41, 5.74) is 1.07. The number of aryl methyl sites for hydroxylation is 1. The molecule has 0 unspecified atom stereocenters. The van der Waals surface area contributed by atoms with Gasteiger partial charge in [-0.25, -0.2) is 15.0 Å². The molecule has 2 rings (SSSR count). The average Bonchev–Trinajstić information content (AvgIpc) is 2.71. The van der Waals surface area contributed by atoms with E-state index in [1.165, 1.54) is 0 Å². The molecule has 0 amide bonds. The Morgan fingerprint density at radius 1 is 1.27 bits per heavy atom. The minimum absolute atomic E-state index is 0.732. The Morgan fingerprint density at radius 3 is 2.60 bits per heavy atom. The Morgan fingerprint density at radius 2 is 2.00 bits per heavy atom. The van der Waals surface area contributed by atoms with Gasteiger partial charge >= 0.3 is 0 Å². The summed E-state index contributed by atoms with van der Waals surface area (Å²) >= 11 is 1.64. The predicted molar refractivity (Wildman–Crippen MR) is 61.0 cm³/mol. The van der Waals surface area contributed by atoms with Crippen molar-refractivity contribution in [2.45, 2.75) is 13.5 Å². The second kappa shape index (κ2) is 4.35. The molecule has 0 saturated heterocycles. The number of anilines is 1. The van der Waals surface area contributed by atoms with Crippen molar-refractivity contribution in [1.82, 2.24) is 15.0 Å². The van der Waals surface area contributed by atoms with Gasteiger partial charge in [0.15, 0.2) is 0 Å². The van der Waals surface area contributed by atoms with Crippen molar-refractivity contribution in [3.63, 3.8) is 0 Å². The molecule has 2 aromatic rings. The molecule has 15 heavy (non-hydrogen) atoms. The van der Waals surface area contributed by atoms with Gasteiger partial charge in [0.2, 0.25) is 5.95 Å². The third-order valence-electron chi connectivity index (χ3n) is 1.96. The molecule has 4 nitrogen and oxygen atoms in total. The summed E-state index contributed by atoms with van der Waals surface area (Å²) in [7, 11) is 1.96. The first-order chi connectivity index (χ1) is 7.25. The van der Waals surface area contributed by atoms with Crippen LogP contribution in [0.5, 0.6) is 0 Å². The topological polar surface area (TPSA) is 41.9 Å². The summed E-state index contributed by atoms with van der Waals surface area (Å²) in [6.45, 7) is 2.73. The highest BCUT2D eigenvalue weighted by atomic mass is 32.1. The lowest BCUT2D eigenvalue weighted by Gasteiger charge is -2.14. The van der Waals surface area contributed by atoms with Crippen LogP contribution in [-0.4, -0.2) is 22.0 Å². The molecule has 78 valence electrons. The van der Waals surface area contributed by atoms with E-state index in [1.807, 2.05) is 42.8 Å². The van der Waals surface area contributed by atoms with Crippen molar-refractivity contribution < 1.29 is 0 Å². The number of hydrogen-bond acceptors (Lipinski definition) is 5. The largest absolute Gasteiger partial charge is 0.337 e. The molecule has 0 atom stereocenters. The van der Waals surface area contributed by atoms with Crippen LogP contribution in [0, 0.1) is 6.92 Å². The van der Waals surface area contributed by atoms with E-state index in [-0.39, 0.29) is 0 Å². The zero-order chi connectivity index (χ0) is 10.7. The highest BCUT2D eigenvalue weighted by Crippen LogP contribution is 2.11. The minimum atomic E-state index is 0.732. The fourth-order valence-corrected chi connectivity index (χ4v) is 1.86. The van der Waals surface area contributed by atoms with Crippen molar-refractivity contribution in [2.24, 2.45) is 0 Å². The second-order valence-corrected chi connectivity index (χ2v) is 4.32. The van der Waals surface area contributed by atoms with Crippen LogP contribution in [0.3, 0.4) is 0 Å². The normalized spacial score (nSPS) is 10.3. The first kappa shape index (κ1) is 10.0. The van der Waals surface area contributed by atoms with E-state index in [2.05, 4.69) is 15.0 Å². The van der Waals surface area contributed by atoms with Crippen molar-refractivity contribution in [1.29, 1.82) is 0 Å². The second-order valence-electron chi connectivity index (χ2n) is 3.34. The SMILES string of the molecule is Cc1cnc(N(C)Cc2nccs2)nc1. The van der Waals surface area contributed by atoms with Crippen LogP contribution in [0.15, 0.2) is 24.0 Å². The average molecular weight is 220 g/mol. The number of hydrogen-bond donors (Lipinski definition) is 0. The van der Waals surface area contributed by atoms with Gasteiger partial charge in [-0.2, -0.15) is 0 Å². The van der Waals surface area contributed by atoms with E-state index in [9.17, 15) is 0 Å². The third kappa shape index (κ3) is 2.50.